The molecule has 0 bridgehead atoms. The van der Waals surface area contributed by atoms with Gasteiger partial charge in [-0.05, 0) is 19.4 Å². The maximum Gasteiger partial charge on any atom is 0.339 e. The lowest BCUT2D eigenvalue weighted by Gasteiger charge is -2.07. The Labute approximate surface area is 126 Å². The van der Waals surface area contributed by atoms with Gasteiger partial charge in [0.15, 0.2) is 0 Å². The van der Waals surface area contributed by atoms with Gasteiger partial charge in [-0.25, -0.2) is 4.79 Å². The van der Waals surface area contributed by atoms with E-state index in [-0.39, 0.29) is 11.3 Å². The average molecular weight is 306 g/mol. The normalized spacial score (nSPS) is 12.3. The molecule has 1 heterocycles. The fraction of sp³-hybridized carbons (Fsp3) is 0.333. The standard InChI is InChI=1S/C15H18N2O3S/c1-10-4-11(2)6-12(5-10)8-21(20)9-14-13(15(18)19)7-16-17(14)3/h4-7H,8-9H2,1-3H3,(H,18,19). The van der Waals surface area contributed by atoms with Crippen molar-refractivity contribution in [3.63, 3.8) is 0 Å². The minimum Gasteiger partial charge on any atom is -0.478 e. The van der Waals surface area contributed by atoms with E-state index in [1.807, 2.05) is 26.0 Å². The zero-order chi connectivity index (χ0) is 15.6. The predicted octanol–water partition coefficient (Wildman–Crippen LogP) is 2.18. The Balaban J connectivity index is 2.15. The fourth-order valence-electron chi connectivity index (χ4n) is 2.35. The molecule has 2 rings (SSSR count). The molecule has 6 heteroatoms. The maximum atomic E-state index is 12.3. The van der Waals surface area contributed by atoms with Crippen molar-refractivity contribution in [2.24, 2.45) is 7.05 Å². The van der Waals surface area contributed by atoms with Gasteiger partial charge in [-0.2, -0.15) is 5.10 Å². The third-order valence-corrected chi connectivity index (χ3v) is 4.45. The van der Waals surface area contributed by atoms with Gasteiger partial charge in [0.05, 0.1) is 17.6 Å². The van der Waals surface area contributed by atoms with Crippen LogP contribution in [0.3, 0.4) is 0 Å². The molecular weight excluding hydrogens is 288 g/mol. The summed E-state index contributed by atoms with van der Waals surface area (Å²) in [5.74, 6) is -0.445. The largest absolute Gasteiger partial charge is 0.478 e. The fourth-order valence-corrected chi connectivity index (χ4v) is 3.64. The van der Waals surface area contributed by atoms with Gasteiger partial charge >= 0.3 is 5.97 Å². The van der Waals surface area contributed by atoms with Gasteiger partial charge in [-0.15, -0.1) is 0 Å². The second-order valence-corrected chi connectivity index (χ2v) is 6.62. The Bertz CT molecular complexity index is 687. The molecule has 0 aliphatic carbocycles. The van der Waals surface area contributed by atoms with E-state index in [2.05, 4.69) is 11.2 Å². The number of carboxylic acid groups (broad SMARTS) is 1. The number of hydrogen-bond donors (Lipinski definition) is 1. The van der Waals surface area contributed by atoms with Crippen molar-refractivity contribution in [2.75, 3.05) is 0 Å². The molecule has 21 heavy (non-hydrogen) atoms. The number of aryl methyl sites for hydroxylation is 3. The van der Waals surface area contributed by atoms with Crippen LogP contribution >= 0.6 is 0 Å². The zero-order valence-electron chi connectivity index (χ0n) is 12.3. The molecule has 5 nitrogen and oxygen atoms in total. The third-order valence-electron chi connectivity index (χ3n) is 3.20. The predicted molar refractivity (Wildman–Crippen MR) is 81.6 cm³/mol. The third kappa shape index (κ3) is 3.78. The Hall–Kier alpha value is -1.95. The molecule has 1 unspecified atom stereocenters. The minimum atomic E-state index is -1.18. The number of carbonyl (C=O) groups is 1. The van der Waals surface area contributed by atoms with E-state index in [0.717, 1.165) is 16.7 Å². The summed E-state index contributed by atoms with van der Waals surface area (Å²) < 4.78 is 13.8. The van der Waals surface area contributed by atoms with Gasteiger partial charge in [0.2, 0.25) is 0 Å². The monoisotopic (exact) mass is 306 g/mol. The number of carboxylic acids is 1. The van der Waals surface area contributed by atoms with E-state index in [9.17, 15) is 9.00 Å². The number of hydrogen-bond acceptors (Lipinski definition) is 3. The first kappa shape index (κ1) is 15.4. The molecule has 0 saturated carbocycles. The summed E-state index contributed by atoms with van der Waals surface area (Å²) in [6.45, 7) is 4.01. The maximum absolute atomic E-state index is 12.3. The summed E-state index contributed by atoms with van der Waals surface area (Å²) in [5, 5.41) is 13.0. The second kappa shape index (κ2) is 6.22. The molecule has 0 amide bonds. The molecule has 0 aliphatic heterocycles. The quantitative estimate of drug-likeness (QED) is 0.919. The van der Waals surface area contributed by atoms with E-state index < -0.39 is 16.8 Å². The van der Waals surface area contributed by atoms with Crippen LogP contribution in [0.5, 0.6) is 0 Å². The summed E-state index contributed by atoms with van der Waals surface area (Å²) in [5.41, 5.74) is 3.88. The SMILES string of the molecule is Cc1cc(C)cc(CS(=O)Cc2c(C(=O)O)cnn2C)c1. The van der Waals surface area contributed by atoms with Gasteiger partial charge in [-0.1, -0.05) is 29.3 Å². The number of aromatic carboxylic acids is 1. The van der Waals surface area contributed by atoms with Crippen molar-refractivity contribution in [1.82, 2.24) is 9.78 Å². The van der Waals surface area contributed by atoms with Crippen molar-refractivity contribution in [3.05, 3.63) is 52.3 Å². The topological polar surface area (TPSA) is 72.2 Å². The zero-order valence-corrected chi connectivity index (χ0v) is 13.1. The second-order valence-electron chi connectivity index (χ2n) is 5.16. The number of benzene rings is 1. The molecule has 0 aliphatic rings. The molecule has 2 aromatic rings. The Morgan fingerprint density at radius 1 is 1.24 bits per heavy atom. The summed E-state index contributed by atoms with van der Waals surface area (Å²) >= 11 is 0. The molecular formula is C15H18N2O3S. The molecule has 0 radical (unpaired) electrons. The van der Waals surface area contributed by atoms with E-state index in [4.69, 9.17) is 5.11 Å². The Kier molecular flexibility index (Phi) is 4.57. The van der Waals surface area contributed by atoms with Crippen molar-refractivity contribution < 1.29 is 14.1 Å². The minimum absolute atomic E-state index is 0.117. The average Bonchev–Trinajstić information content (AvgIpc) is 2.69. The van der Waals surface area contributed by atoms with Gasteiger partial charge in [0.25, 0.3) is 0 Å². The number of aromatic nitrogens is 2. The van der Waals surface area contributed by atoms with Crippen molar-refractivity contribution in [1.29, 1.82) is 0 Å². The first-order chi connectivity index (χ1) is 9.86. The highest BCUT2D eigenvalue weighted by Gasteiger charge is 2.17. The number of nitrogens with zero attached hydrogens (tertiary/aromatic N) is 2. The smallest absolute Gasteiger partial charge is 0.339 e. The summed E-state index contributed by atoms with van der Waals surface area (Å²) in [7, 11) is 0.484. The highest BCUT2D eigenvalue weighted by molar-refractivity contribution is 7.83. The first-order valence-corrected chi connectivity index (χ1v) is 8.02. The lowest BCUT2D eigenvalue weighted by Crippen LogP contribution is -2.09. The molecule has 0 spiro atoms. The van der Waals surface area contributed by atoms with Crippen molar-refractivity contribution in [3.8, 4) is 0 Å². The molecule has 1 N–H and O–H groups in total. The molecule has 0 saturated heterocycles. The number of rotatable bonds is 5. The van der Waals surface area contributed by atoms with Gasteiger partial charge < -0.3 is 5.11 Å². The van der Waals surface area contributed by atoms with E-state index in [0.29, 0.717) is 11.4 Å². The molecule has 1 aromatic carbocycles. The van der Waals surface area contributed by atoms with Crippen LogP contribution in [-0.4, -0.2) is 25.1 Å². The lowest BCUT2D eigenvalue weighted by atomic mass is 10.1. The van der Waals surface area contributed by atoms with E-state index >= 15 is 0 Å². The van der Waals surface area contributed by atoms with Gasteiger partial charge in [-0.3, -0.25) is 8.89 Å². The molecule has 1 aromatic heterocycles. The molecule has 0 fully saturated rings. The molecule has 1 atom stereocenters. The summed E-state index contributed by atoms with van der Waals surface area (Å²) in [6, 6.07) is 6.08. The van der Waals surface area contributed by atoms with Gasteiger partial charge in [0.1, 0.15) is 5.56 Å². The van der Waals surface area contributed by atoms with Crippen molar-refractivity contribution >= 4 is 16.8 Å². The van der Waals surface area contributed by atoms with Crippen LogP contribution in [0.1, 0.15) is 32.7 Å². The summed E-state index contributed by atoms with van der Waals surface area (Å²) in [6.07, 6.45) is 1.30. The first-order valence-electron chi connectivity index (χ1n) is 6.53. The van der Waals surface area contributed by atoms with Gasteiger partial charge in [0, 0.05) is 23.6 Å². The summed E-state index contributed by atoms with van der Waals surface area (Å²) in [4.78, 5) is 11.1. The van der Waals surface area contributed by atoms with E-state index in [1.165, 1.54) is 10.9 Å². The highest BCUT2D eigenvalue weighted by Crippen LogP contribution is 2.15. The van der Waals surface area contributed by atoms with Crippen LogP contribution in [-0.2, 0) is 29.4 Å². The van der Waals surface area contributed by atoms with Crippen molar-refractivity contribution in [2.45, 2.75) is 25.4 Å². The van der Waals surface area contributed by atoms with Crippen LogP contribution in [0.15, 0.2) is 24.4 Å². The van der Waals surface area contributed by atoms with Crippen LogP contribution < -0.4 is 0 Å². The van der Waals surface area contributed by atoms with Crippen LogP contribution in [0.4, 0.5) is 0 Å². The highest BCUT2D eigenvalue weighted by atomic mass is 32.2. The van der Waals surface area contributed by atoms with Crippen LogP contribution in [0.2, 0.25) is 0 Å². The lowest BCUT2D eigenvalue weighted by molar-refractivity contribution is 0.0696. The Morgan fingerprint density at radius 3 is 2.43 bits per heavy atom. The van der Waals surface area contributed by atoms with Crippen LogP contribution in [0.25, 0.3) is 0 Å². The Morgan fingerprint density at radius 2 is 1.86 bits per heavy atom. The van der Waals surface area contributed by atoms with E-state index in [1.54, 1.807) is 7.05 Å². The van der Waals surface area contributed by atoms with Crippen LogP contribution in [0, 0.1) is 13.8 Å². The molecule has 112 valence electrons.